The van der Waals surface area contributed by atoms with Gasteiger partial charge in [0.25, 0.3) is 0 Å². The highest BCUT2D eigenvalue weighted by molar-refractivity contribution is 5.68. The zero-order valence-corrected chi connectivity index (χ0v) is 12.0. The fourth-order valence-electron chi connectivity index (χ4n) is 1.95. The van der Waals surface area contributed by atoms with Crippen molar-refractivity contribution in [2.75, 3.05) is 13.2 Å². The van der Waals surface area contributed by atoms with Crippen LogP contribution in [0.2, 0.25) is 0 Å². The van der Waals surface area contributed by atoms with E-state index < -0.39 is 5.60 Å². The molecule has 0 spiro atoms. The summed E-state index contributed by atoms with van der Waals surface area (Å²) in [5.74, 6) is 0.718. The number of fused-ring (bicyclic) bond motifs is 1. The first-order valence-electron chi connectivity index (χ1n) is 6.53. The van der Waals surface area contributed by atoms with Crippen LogP contribution in [0.25, 0.3) is 0 Å². The van der Waals surface area contributed by atoms with E-state index in [0.717, 1.165) is 11.3 Å². The van der Waals surface area contributed by atoms with E-state index >= 15 is 0 Å². The molecule has 5 nitrogen and oxygen atoms in total. The second-order valence-corrected chi connectivity index (χ2v) is 5.68. The molecule has 1 heterocycles. The molecule has 1 aliphatic rings. The van der Waals surface area contributed by atoms with Gasteiger partial charge in [0.05, 0.1) is 24.7 Å². The number of nitriles is 1. The number of rotatable bonds is 0. The lowest BCUT2D eigenvalue weighted by molar-refractivity contribution is 0.0225. The largest absolute Gasteiger partial charge is 0.491 e. The molecule has 1 aliphatic heterocycles. The number of carbonyl (C=O) groups is 1. The minimum Gasteiger partial charge on any atom is -0.491 e. The zero-order chi connectivity index (χ0) is 14.8. The Bertz CT molecular complexity index is 555. The smallest absolute Gasteiger partial charge is 0.410 e. The van der Waals surface area contributed by atoms with Crippen molar-refractivity contribution in [2.45, 2.75) is 32.9 Å². The molecule has 1 aromatic carbocycles. The fraction of sp³-hybridized carbons (Fsp3) is 0.467. The van der Waals surface area contributed by atoms with Crippen molar-refractivity contribution in [1.82, 2.24) is 4.90 Å². The molecule has 0 saturated heterocycles. The Hall–Kier alpha value is -2.22. The third-order valence-electron chi connectivity index (χ3n) is 2.82. The highest BCUT2D eigenvalue weighted by atomic mass is 16.6. The first kappa shape index (κ1) is 14.2. The molecule has 0 aromatic heterocycles. The standard InChI is InChI=1S/C15H18N2O3/c1-15(2,3)20-14(18)17-6-7-19-13-5-4-11(9-16)8-12(13)10-17/h4-5,8H,6-7,10H2,1-3H3. The van der Waals surface area contributed by atoms with Gasteiger partial charge in [-0.05, 0) is 39.0 Å². The number of benzene rings is 1. The lowest BCUT2D eigenvalue weighted by atomic mass is 10.1. The molecule has 0 unspecified atom stereocenters. The first-order valence-corrected chi connectivity index (χ1v) is 6.53. The molecule has 20 heavy (non-hydrogen) atoms. The van der Waals surface area contributed by atoms with Crippen molar-refractivity contribution >= 4 is 6.09 Å². The number of amides is 1. The Morgan fingerprint density at radius 2 is 2.20 bits per heavy atom. The Balaban J connectivity index is 2.19. The van der Waals surface area contributed by atoms with E-state index in [1.807, 2.05) is 20.8 Å². The van der Waals surface area contributed by atoms with Crippen molar-refractivity contribution in [2.24, 2.45) is 0 Å². The molecule has 0 atom stereocenters. The summed E-state index contributed by atoms with van der Waals surface area (Å²) in [6.07, 6.45) is -0.365. The van der Waals surface area contributed by atoms with E-state index in [4.69, 9.17) is 14.7 Å². The average Bonchev–Trinajstić information content (AvgIpc) is 2.57. The summed E-state index contributed by atoms with van der Waals surface area (Å²) in [6, 6.07) is 7.32. The van der Waals surface area contributed by atoms with E-state index in [1.165, 1.54) is 0 Å². The Morgan fingerprint density at radius 3 is 2.85 bits per heavy atom. The van der Waals surface area contributed by atoms with Crippen LogP contribution in [0.3, 0.4) is 0 Å². The van der Waals surface area contributed by atoms with Gasteiger partial charge < -0.3 is 14.4 Å². The van der Waals surface area contributed by atoms with Gasteiger partial charge in [0.15, 0.2) is 0 Å². The second-order valence-electron chi connectivity index (χ2n) is 5.68. The van der Waals surface area contributed by atoms with Crippen LogP contribution in [0.4, 0.5) is 4.79 Å². The molecule has 106 valence electrons. The molecule has 1 amide bonds. The van der Waals surface area contributed by atoms with Crippen LogP contribution in [-0.4, -0.2) is 29.7 Å². The Morgan fingerprint density at radius 1 is 1.45 bits per heavy atom. The van der Waals surface area contributed by atoms with Crippen molar-refractivity contribution in [1.29, 1.82) is 5.26 Å². The fourth-order valence-corrected chi connectivity index (χ4v) is 1.95. The lowest BCUT2D eigenvalue weighted by Crippen LogP contribution is -2.37. The van der Waals surface area contributed by atoms with Crippen LogP contribution in [0, 0.1) is 11.3 Å². The summed E-state index contributed by atoms with van der Waals surface area (Å²) in [4.78, 5) is 13.7. The van der Waals surface area contributed by atoms with Gasteiger partial charge in [0.1, 0.15) is 18.0 Å². The summed E-state index contributed by atoms with van der Waals surface area (Å²) in [5.41, 5.74) is 0.854. The molecule has 2 rings (SSSR count). The van der Waals surface area contributed by atoms with E-state index in [2.05, 4.69) is 6.07 Å². The van der Waals surface area contributed by atoms with Crippen molar-refractivity contribution in [3.8, 4) is 11.8 Å². The third kappa shape index (κ3) is 3.41. The predicted molar refractivity (Wildman–Crippen MR) is 73.3 cm³/mol. The van der Waals surface area contributed by atoms with E-state index in [9.17, 15) is 4.79 Å². The SMILES string of the molecule is CC(C)(C)OC(=O)N1CCOc2ccc(C#N)cc2C1. The van der Waals surface area contributed by atoms with Gasteiger partial charge in [-0.3, -0.25) is 0 Å². The Kier molecular flexibility index (Phi) is 3.84. The quantitative estimate of drug-likeness (QED) is 0.729. The second kappa shape index (κ2) is 5.41. The van der Waals surface area contributed by atoms with E-state index in [1.54, 1.807) is 23.1 Å². The predicted octanol–water partition coefficient (Wildman–Crippen LogP) is 2.69. The molecule has 0 radical (unpaired) electrons. The van der Waals surface area contributed by atoms with Crippen LogP contribution in [0.5, 0.6) is 5.75 Å². The number of nitrogens with zero attached hydrogens (tertiary/aromatic N) is 2. The minimum absolute atomic E-state index is 0.365. The molecule has 1 aromatic rings. The van der Waals surface area contributed by atoms with Crippen LogP contribution in [0.15, 0.2) is 18.2 Å². The van der Waals surface area contributed by atoms with E-state index in [0.29, 0.717) is 25.3 Å². The maximum absolute atomic E-state index is 12.1. The lowest BCUT2D eigenvalue weighted by Gasteiger charge is -2.26. The molecule has 0 saturated carbocycles. The third-order valence-corrected chi connectivity index (χ3v) is 2.82. The maximum atomic E-state index is 12.1. The molecular weight excluding hydrogens is 256 g/mol. The highest BCUT2D eigenvalue weighted by Gasteiger charge is 2.25. The highest BCUT2D eigenvalue weighted by Crippen LogP contribution is 2.25. The monoisotopic (exact) mass is 274 g/mol. The normalized spacial score (nSPS) is 14.6. The summed E-state index contributed by atoms with van der Waals surface area (Å²) in [7, 11) is 0. The van der Waals surface area contributed by atoms with Gasteiger partial charge in [-0.15, -0.1) is 0 Å². The van der Waals surface area contributed by atoms with Crippen molar-refractivity contribution < 1.29 is 14.3 Å². The molecule has 0 N–H and O–H groups in total. The summed E-state index contributed by atoms with van der Waals surface area (Å²) >= 11 is 0. The summed E-state index contributed by atoms with van der Waals surface area (Å²) < 4.78 is 11.0. The van der Waals surface area contributed by atoms with Gasteiger partial charge in [-0.25, -0.2) is 4.79 Å². The average molecular weight is 274 g/mol. The summed E-state index contributed by atoms with van der Waals surface area (Å²) in [5, 5.41) is 8.94. The molecule has 0 bridgehead atoms. The summed E-state index contributed by atoms with van der Waals surface area (Å²) in [6.45, 7) is 6.77. The molecular formula is C15H18N2O3. The van der Waals surface area contributed by atoms with Gasteiger partial charge in [-0.2, -0.15) is 5.26 Å². The topological polar surface area (TPSA) is 62.6 Å². The molecule has 5 heteroatoms. The van der Waals surface area contributed by atoms with Gasteiger partial charge in [-0.1, -0.05) is 0 Å². The maximum Gasteiger partial charge on any atom is 0.410 e. The number of ether oxygens (including phenoxy) is 2. The zero-order valence-electron chi connectivity index (χ0n) is 12.0. The number of hydrogen-bond acceptors (Lipinski definition) is 4. The minimum atomic E-state index is -0.526. The molecule has 0 fully saturated rings. The first-order chi connectivity index (χ1) is 9.39. The van der Waals surface area contributed by atoms with Gasteiger partial charge in [0, 0.05) is 5.56 Å². The van der Waals surface area contributed by atoms with Crippen molar-refractivity contribution in [3.63, 3.8) is 0 Å². The van der Waals surface area contributed by atoms with Crippen LogP contribution in [-0.2, 0) is 11.3 Å². The van der Waals surface area contributed by atoms with Crippen molar-refractivity contribution in [3.05, 3.63) is 29.3 Å². The number of hydrogen-bond donors (Lipinski definition) is 0. The van der Waals surface area contributed by atoms with E-state index in [-0.39, 0.29) is 6.09 Å². The van der Waals surface area contributed by atoms with Gasteiger partial charge >= 0.3 is 6.09 Å². The van der Waals surface area contributed by atoms with Crippen LogP contribution < -0.4 is 4.74 Å². The van der Waals surface area contributed by atoms with Crippen LogP contribution >= 0.6 is 0 Å². The van der Waals surface area contributed by atoms with Gasteiger partial charge in [0.2, 0.25) is 0 Å². The molecule has 0 aliphatic carbocycles. The number of carbonyl (C=O) groups excluding carboxylic acids is 1. The Labute approximate surface area is 118 Å². The van der Waals surface area contributed by atoms with Crippen LogP contribution in [0.1, 0.15) is 31.9 Å².